The highest BCUT2D eigenvalue weighted by molar-refractivity contribution is 6.00. The lowest BCUT2D eigenvalue weighted by atomic mass is 10.1. The van der Waals surface area contributed by atoms with Gasteiger partial charge in [0.25, 0.3) is 5.91 Å². The zero-order valence-corrected chi connectivity index (χ0v) is 17.6. The van der Waals surface area contributed by atoms with Crippen molar-refractivity contribution < 1.29 is 18.7 Å². The van der Waals surface area contributed by atoms with Crippen LogP contribution in [0.3, 0.4) is 0 Å². The van der Waals surface area contributed by atoms with Crippen molar-refractivity contribution in [1.82, 2.24) is 4.90 Å². The molecule has 0 unspecified atom stereocenters. The van der Waals surface area contributed by atoms with Gasteiger partial charge in [0.15, 0.2) is 0 Å². The summed E-state index contributed by atoms with van der Waals surface area (Å²) in [4.78, 5) is 29.2. The molecular formula is C22H29N3O4. The smallest absolute Gasteiger partial charge is 0.258 e. The van der Waals surface area contributed by atoms with E-state index in [1.54, 1.807) is 6.92 Å². The molecule has 7 heteroatoms. The number of morpholine rings is 1. The summed E-state index contributed by atoms with van der Waals surface area (Å²) in [5.74, 6) is 0.904. The Hall–Kier alpha value is -2.80. The van der Waals surface area contributed by atoms with Crippen LogP contribution in [0.2, 0.25) is 0 Å². The lowest BCUT2D eigenvalue weighted by Crippen LogP contribution is -2.38. The molecule has 2 amide bonds. The molecule has 0 atom stereocenters. The van der Waals surface area contributed by atoms with Gasteiger partial charge >= 0.3 is 0 Å². The predicted octanol–water partition coefficient (Wildman–Crippen LogP) is 3.14. The van der Waals surface area contributed by atoms with Crippen LogP contribution in [0.4, 0.5) is 11.4 Å². The van der Waals surface area contributed by atoms with Crippen LogP contribution in [0.1, 0.15) is 34.4 Å². The Bertz CT molecular complexity index is 867. The highest BCUT2D eigenvalue weighted by Gasteiger charge is 2.24. The van der Waals surface area contributed by atoms with Gasteiger partial charge in [-0.1, -0.05) is 0 Å². The van der Waals surface area contributed by atoms with E-state index in [1.807, 2.05) is 45.0 Å². The summed E-state index contributed by atoms with van der Waals surface area (Å²) in [6, 6.07) is 7.75. The van der Waals surface area contributed by atoms with Crippen LogP contribution in [0.25, 0.3) is 0 Å². The van der Waals surface area contributed by atoms with Gasteiger partial charge in [-0.2, -0.15) is 0 Å². The molecule has 1 aromatic carbocycles. The lowest BCUT2D eigenvalue weighted by Gasteiger charge is -2.29. The number of amides is 2. The standard InChI is InChI=1S/C22H29N3O4/c1-5-24(22(27)21-15(2)16(3)29-17(21)4)14-20(26)23-18-6-8-19(9-7-18)25-10-12-28-13-11-25/h6-9H,5,10-14H2,1-4H3,(H,23,26). The maximum atomic E-state index is 12.9. The van der Waals surface area contributed by atoms with E-state index >= 15 is 0 Å². The Balaban J connectivity index is 1.62. The van der Waals surface area contributed by atoms with E-state index < -0.39 is 0 Å². The third kappa shape index (κ3) is 4.79. The SMILES string of the molecule is CCN(CC(=O)Nc1ccc(N2CCOCC2)cc1)C(=O)c1c(C)oc(C)c1C. The van der Waals surface area contributed by atoms with Crippen molar-refractivity contribution in [3.63, 3.8) is 0 Å². The van der Waals surface area contributed by atoms with Crippen molar-refractivity contribution in [3.05, 3.63) is 46.9 Å². The minimum atomic E-state index is -0.227. The highest BCUT2D eigenvalue weighted by Crippen LogP contribution is 2.23. The molecule has 1 saturated heterocycles. The van der Waals surface area contributed by atoms with Gasteiger partial charge in [0.1, 0.15) is 18.1 Å². The number of aryl methyl sites for hydroxylation is 2. The number of benzene rings is 1. The number of hydrogen-bond donors (Lipinski definition) is 1. The molecule has 1 fully saturated rings. The highest BCUT2D eigenvalue weighted by atomic mass is 16.5. The van der Waals surface area contributed by atoms with Gasteiger partial charge < -0.3 is 24.3 Å². The fourth-order valence-corrected chi connectivity index (χ4v) is 3.54. The van der Waals surface area contributed by atoms with E-state index in [-0.39, 0.29) is 18.4 Å². The zero-order valence-electron chi connectivity index (χ0n) is 17.6. The molecule has 0 saturated carbocycles. The molecule has 1 N–H and O–H groups in total. The van der Waals surface area contributed by atoms with Crippen molar-refractivity contribution in [3.8, 4) is 0 Å². The normalized spacial score (nSPS) is 14.0. The number of nitrogens with zero attached hydrogens (tertiary/aromatic N) is 2. The van der Waals surface area contributed by atoms with Crippen LogP contribution < -0.4 is 10.2 Å². The van der Waals surface area contributed by atoms with Crippen molar-refractivity contribution in [2.45, 2.75) is 27.7 Å². The third-order valence-electron chi connectivity index (χ3n) is 5.31. The monoisotopic (exact) mass is 399 g/mol. The second-order valence-corrected chi connectivity index (χ2v) is 7.23. The molecule has 2 heterocycles. The molecule has 1 aliphatic rings. The average Bonchev–Trinajstić information content (AvgIpc) is 2.98. The molecule has 1 aliphatic heterocycles. The second-order valence-electron chi connectivity index (χ2n) is 7.23. The fraction of sp³-hybridized carbons (Fsp3) is 0.455. The molecule has 0 aliphatic carbocycles. The number of anilines is 2. The van der Waals surface area contributed by atoms with E-state index in [1.165, 1.54) is 4.90 Å². The van der Waals surface area contributed by atoms with Gasteiger partial charge in [0.2, 0.25) is 5.91 Å². The van der Waals surface area contributed by atoms with Crippen LogP contribution in [-0.2, 0) is 9.53 Å². The van der Waals surface area contributed by atoms with Gasteiger partial charge in [-0.15, -0.1) is 0 Å². The van der Waals surface area contributed by atoms with E-state index in [0.29, 0.717) is 23.6 Å². The molecule has 1 aromatic heterocycles. The van der Waals surface area contributed by atoms with Gasteiger partial charge in [-0.05, 0) is 52.0 Å². The Morgan fingerprint density at radius 1 is 1.07 bits per heavy atom. The molecule has 0 bridgehead atoms. The van der Waals surface area contributed by atoms with Gasteiger partial charge in [-0.3, -0.25) is 9.59 Å². The Labute approximate surface area is 171 Å². The minimum absolute atomic E-state index is 0.0103. The molecule has 3 rings (SSSR count). The first-order valence-electron chi connectivity index (χ1n) is 9.99. The number of rotatable bonds is 6. The van der Waals surface area contributed by atoms with Crippen LogP contribution >= 0.6 is 0 Å². The Morgan fingerprint density at radius 3 is 2.28 bits per heavy atom. The Kier molecular flexibility index (Phi) is 6.59. The first kappa shape index (κ1) is 20.9. The number of carbonyl (C=O) groups excluding carboxylic acids is 2. The largest absolute Gasteiger partial charge is 0.466 e. The number of carbonyl (C=O) groups is 2. The van der Waals surface area contributed by atoms with E-state index in [9.17, 15) is 9.59 Å². The first-order valence-corrected chi connectivity index (χ1v) is 9.99. The Morgan fingerprint density at radius 2 is 1.72 bits per heavy atom. The summed E-state index contributed by atoms with van der Waals surface area (Å²) in [5.41, 5.74) is 3.19. The van der Waals surface area contributed by atoms with Crippen LogP contribution in [-0.4, -0.2) is 56.1 Å². The number of furan rings is 1. The summed E-state index contributed by atoms with van der Waals surface area (Å²) < 4.78 is 10.9. The molecule has 0 radical (unpaired) electrons. The molecule has 29 heavy (non-hydrogen) atoms. The quantitative estimate of drug-likeness (QED) is 0.808. The topological polar surface area (TPSA) is 75.0 Å². The summed E-state index contributed by atoms with van der Waals surface area (Å²) in [7, 11) is 0. The van der Waals surface area contributed by atoms with Gasteiger partial charge in [-0.25, -0.2) is 0 Å². The first-order chi connectivity index (χ1) is 13.9. The molecular weight excluding hydrogens is 370 g/mol. The molecule has 156 valence electrons. The van der Waals surface area contributed by atoms with Crippen molar-refractivity contribution in [2.75, 3.05) is 49.6 Å². The summed E-state index contributed by atoms with van der Waals surface area (Å²) in [6.07, 6.45) is 0. The summed E-state index contributed by atoms with van der Waals surface area (Å²) in [6.45, 7) is 11.0. The molecule has 2 aromatic rings. The van der Waals surface area contributed by atoms with Gasteiger partial charge in [0, 0.05) is 36.6 Å². The predicted molar refractivity (Wildman–Crippen MR) is 113 cm³/mol. The van der Waals surface area contributed by atoms with Gasteiger partial charge in [0.05, 0.1) is 18.8 Å². The number of nitrogens with one attached hydrogen (secondary N) is 1. The summed E-state index contributed by atoms with van der Waals surface area (Å²) in [5, 5.41) is 2.88. The van der Waals surface area contributed by atoms with E-state index in [0.717, 1.165) is 43.3 Å². The second kappa shape index (κ2) is 9.13. The lowest BCUT2D eigenvalue weighted by molar-refractivity contribution is -0.116. The fourth-order valence-electron chi connectivity index (χ4n) is 3.54. The summed E-state index contributed by atoms with van der Waals surface area (Å²) >= 11 is 0. The van der Waals surface area contributed by atoms with Crippen molar-refractivity contribution >= 4 is 23.2 Å². The van der Waals surface area contributed by atoms with Crippen molar-refractivity contribution in [2.24, 2.45) is 0 Å². The molecule has 7 nitrogen and oxygen atoms in total. The number of hydrogen-bond acceptors (Lipinski definition) is 5. The average molecular weight is 399 g/mol. The minimum Gasteiger partial charge on any atom is -0.466 e. The number of likely N-dealkylation sites (N-methyl/N-ethyl adjacent to an activating group) is 1. The maximum absolute atomic E-state index is 12.9. The van der Waals surface area contributed by atoms with Crippen molar-refractivity contribution in [1.29, 1.82) is 0 Å². The van der Waals surface area contributed by atoms with Crippen LogP contribution in [0.15, 0.2) is 28.7 Å². The van der Waals surface area contributed by atoms with E-state index in [2.05, 4.69) is 10.2 Å². The molecule has 0 spiro atoms. The van der Waals surface area contributed by atoms with Crippen LogP contribution in [0.5, 0.6) is 0 Å². The third-order valence-corrected chi connectivity index (χ3v) is 5.31. The maximum Gasteiger partial charge on any atom is 0.258 e. The van der Waals surface area contributed by atoms with Crippen LogP contribution in [0, 0.1) is 20.8 Å². The van der Waals surface area contributed by atoms with E-state index in [4.69, 9.17) is 9.15 Å². The zero-order chi connectivity index (χ0) is 21.0. The number of ether oxygens (including phenoxy) is 1.